The average molecular weight is 218 g/mol. The van der Waals surface area contributed by atoms with Crippen LogP contribution in [-0.2, 0) is 4.79 Å². The zero-order chi connectivity index (χ0) is 11.5. The van der Waals surface area contributed by atoms with Crippen LogP contribution in [0.15, 0.2) is 30.3 Å². The van der Waals surface area contributed by atoms with E-state index in [1.165, 1.54) is 0 Å². The van der Waals surface area contributed by atoms with Gasteiger partial charge < -0.3 is 10.6 Å². The van der Waals surface area contributed by atoms with Gasteiger partial charge in [-0.25, -0.2) is 0 Å². The number of nitrogens with zero attached hydrogens (tertiary/aromatic N) is 1. The normalized spacial score (nSPS) is 18.0. The molecule has 1 atom stereocenters. The molecule has 1 aromatic carbocycles. The molecule has 0 bridgehead atoms. The number of nitrogens with two attached hydrogens (primary N) is 1. The molecule has 0 saturated carbocycles. The van der Waals surface area contributed by atoms with E-state index in [0.717, 1.165) is 12.0 Å². The van der Waals surface area contributed by atoms with Gasteiger partial charge in [0, 0.05) is 19.1 Å². The summed E-state index contributed by atoms with van der Waals surface area (Å²) in [5.74, 6) is 0.212. The minimum atomic E-state index is -0.00583. The summed E-state index contributed by atoms with van der Waals surface area (Å²) >= 11 is 0. The lowest BCUT2D eigenvalue weighted by Crippen LogP contribution is -2.58. The number of carbonyl (C=O) groups excluding carboxylic acids is 1. The third kappa shape index (κ3) is 2.09. The quantitative estimate of drug-likeness (QED) is 0.832. The molecule has 2 N–H and O–H groups in total. The molecular weight excluding hydrogens is 200 g/mol. The van der Waals surface area contributed by atoms with Gasteiger partial charge in [0.1, 0.15) is 0 Å². The van der Waals surface area contributed by atoms with E-state index in [4.69, 9.17) is 5.73 Å². The Morgan fingerprint density at radius 1 is 1.44 bits per heavy atom. The molecule has 0 unspecified atom stereocenters. The third-order valence-electron chi connectivity index (χ3n) is 3.13. The van der Waals surface area contributed by atoms with Gasteiger partial charge in [0.2, 0.25) is 5.91 Å². The van der Waals surface area contributed by atoms with Gasteiger partial charge in [-0.05, 0) is 12.0 Å². The van der Waals surface area contributed by atoms with Crippen molar-refractivity contribution >= 4 is 5.91 Å². The summed E-state index contributed by atoms with van der Waals surface area (Å²) in [5, 5.41) is 0. The Bertz CT molecular complexity index is 357. The van der Waals surface area contributed by atoms with Crippen LogP contribution in [-0.4, -0.2) is 29.9 Å². The van der Waals surface area contributed by atoms with Crippen molar-refractivity contribution in [1.82, 2.24) is 4.90 Å². The Balaban J connectivity index is 2.08. The smallest absolute Gasteiger partial charge is 0.230 e. The number of hydrogen-bond donors (Lipinski definition) is 1. The maximum Gasteiger partial charge on any atom is 0.230 e. The number of amides is 1. The van der Waals surface area contributed by atoms with Gasteiger partial charge in [-0.2, -0.15) is 0 Å². The van der Waals surface area contributed by atoms with E-state index in [2.05, 4.69) is 6.92 Å². The predicted octanol–water partition coefficient (Wildman–Crippen LogP) is 1.35. The van der Waals surface area contributed by atoms with E-state index in [1.807, 2.05) is 35.2 Å². The molecule has 86 valence electrons. The molecule has 1 fully saturated rings. The summed E-state index contributed by atoms with van der Waals surface area (Å²) in [6, 6.07) is 10.1. The maximum atomic E-state index is 12.2. The first-order valence-electron chi connectivity index (χ1n) is 5.81. The van der Waals surface area contributed by atoms with E-state index in [1.54, 1.807) is 0 Å². The predicted molar refractivity (Wildman–Crippen MR) is 64.0 cm³/mol. The average Bonchev–Trinajstić information content (AvgIpc) is 2.27. The van der Waals surface area contributed by atoms with Crippen molar-refractivity contribution in [1.29, 1.82) is 0 Å². The zero-order valence-corrected chi connectivity index (χ0v) is 9.60. The minimum absolute atomic E-state index is 0.00583. The van der Waals surface area contributed by atoms with E-state index in [0.29, 0.717) is 13.1 Å². The van der Waals surface area contributed by atoms with Gasteiger partial charge in [-0.1, -0.05) is 37.3 Å². The first-order chi connectivity index (χ1) is 7.72. The second kappa shape index (κ2) is 4.66. The summed E-state index contributed by atoms with van der Waals surface area (Å²) in [7, 11) is 0. The number of carbonyl (C=O) groups is 1. The molecule has 0 aromatic heterocycles. The van der Waals surface area contributed by atoms with Crippen LogP contribution >= 0.6 is 0 Å². The van der Waals surface area contributed by atoms with E-state index >= 15 is 0 Å². The Labute approximate surface area is 96.2 Å². The van der Waals surface area contributed by atoms with Gasteiger partial charge in [0.25, 0.3) is 0 Å². The highest BCUT2D eigenvalue weighted by molar-refractivity contribution is 5.84. The summed E-state index contributed by atoms with van der Waals surface area (Å²) in [6.45, 7) is 3.47. The van der Waals surface area contributed by atoms with E-state index in [-0.39, 0.29) is 17.9 Å². The van der Waals surface area contributed by atoms with Crippen LogP contribution in [0.25, 0.3) is 0 Å². The van der Waals surface area contributed by atoms with Crippen LogP contribution in [0, 0.1) is 0 Å². The van der Waals surface area contributed by atoms with E-state index < -0.39 is 0 Å². The lowest BCUT2D eigenvalue weighted by molar-refractivity contribution is -0.137. The Morgan fingerprint density at radius 2 is 2.06 bits per heavy atom. The molecule has 2 rings (SSSR count). The van der Waals surface area contributed by atoms with Gasteiger partial charge in [0.15, 0.2) is 0 Å². The largest absolute Gasteiger partial charge is 0.339 e. The highest BCUT2D eigenvalue weighted by atomic mass is 16.2. The lowest BCUT2D eigenvalue weighted by atomic mass is 9.93. The van der Waals surface area contributed by atoms with E-state index in [9.17, 15) is 4.79 Å². The molecule has 1 aliphatic rings. The minimum Gasteiger partial charge on any atom is -0.339 e. The summed E-state index contributed by atoms with van der Waals surface area (Å²) < 4.78 is 0. The van der Waals surface area contributed by atoms with Crippen LogP contribution in [0.2, 0.25) is 0 Å². The van der Waals surface area contributed by atoms with Crippen molar-refractivity contribution in [3.8, 4) is 0 Å². The van der Waals surface area contributed by atoms with Crippen LogP contribution in [0.3, 0.4) is 0 Å². The second-order valence-electron chi connectivity index (χ2n) is 4.37. The number of benzene rings is 1. The Kier molecular flexibility index (Phi) is 3.25. The fourth-order valence-corrected chi connectivity index (χ4v) is 2.15. The molecule has 0 spiro atoms. The SMILES string of the molecule is CC[C@@H](C(=O)N1CC(N)C1)c1ccccc1. The topological polar surface area (TPSA) is 46.3 Å². The zero-order valence-electron chi connectivity index (χ0n) is 9.60. The summed E-state index contributed by atoms with van der Waals surface area (Å²) in [4.78, 5) is 14.0. The van der Waals surface area contributed by atoms with Crippen molar-refractivity contribution in [3.05, 3.63) is 35.9 Å². The van der Waals surface area contributed by atoms with Crippen molar-refractivity contribution in [2.45, 2.75) is 25.3 Å². The molecule has 16 heavy (non-hydrogen) atoms. The maximum absolute atomic E-state index is 12.2. The van der Waals surface area contributed by atoms with Crippen LogP contribution in [0.1, 0.15) is 24.8 Å². The van der Waals surface area contributed by atoms with Gasteiger partial charge in [-0.3, -0.25) is 4.79 Å². The monoisotopic (exact) mass is 218 g/mol. The van der Waals surface area contributed by atoms with Gasteiger partial charge in [0.05, 0.1) is 5.92 Å². The van der Waals surface area contributed by atoms with Crippen LogP contribution in [0.5, 0.6) is 0 Å². The van der Waals surface area contributed by atoms with Gasteiger partial charge in [-0.15, -0.1) is 0 Å². The standard InChI is InChI=1S/C13H18N2O/c1-2-12(10-6-4-3-5-7-10)13(16)15-8-11(14)9-15/h3-7,11-12H,2,8-9,14H2,1H3/t12-/m1/s1. The molecule has 3 heteroatoms. The second-order valence-corrected chi connectivity index (χ2v) is 4.37. The van der Waals surface area contributed by atoms with Crippen LogP contribution in [0.4, 0.5) is 0 Å². The number of likely N-dealkylation sites (tertiary alicyclic amines) is 1. The third-order valence-corrected chi connectivity index (χ3v) is 3.13. The molecule has 1 amide bonds. The molecule has 1 saturated heterocycles. The highest BCUT2D eigenvalue weighted by Crippen LogP contribution is 2.23. The molecule has 0 radical (unpaired) electrons. The molecule has 3 nitrogen and oxygen atoms in total. The first kappa shape index (κ1) is 11.1. The number of rotatable bonds is 3. The molecular formula is C13H18N2O. The molecule has 0 aliphatic carbocycles. The number of hydrogen-bond acceptors (Lipinski definition) is 2. The van der Waals surface area contributed by atoms with Crippen molar-refractivity contribution in [2.75, 3.05) is 13.1 Å². The van der Waals surface area contributed by atoms with Crippen molar-refractivity contribution in [2.24, 2.45) is 5.73 Å². The summed E-state index contributed by atoms with van der Waals surface area (Å²) in [6.07, 6.45) is 0.842. The highest BCUT2D eigenvalue weighted by Gasteiger charge is 2.32. The van der Waals surface area contributed by atoms with Crippen molar-refractivity contribution in [3.63, 3.8) is 0 Å². The Hall–Kier alpha value is -1.35. The molecule has 1 aromatic rings. The molecule has 1 heterocycles. The van der Waals surface area contributed by atoms with Gasteiger partial charge >= 0.3 is 0 Å². The van der Waals surface area contributed by atoms with Crippen LogP contribution < -0.4 is 5.73 Å². The lowest BCUT2D eigenvalue weighted by Gasteiger charge is -2.39. The first-order valence-corrected chi connectivity index (χ1v) is 5.81. The fourth-order valence-electron chi connectivity index (χ4n) is 2.15. The van der Waals surface area contributed by atoms with Crippen molar-refractivity contribution < 1.29 is 4.79 Å². The Morgan fingerprint density at radius 3 is 2.56 bits per heavy atom. The molecule has 1 aliphatic heterocycles. The summed E-state index contributed by atoms with van der Waals surface area (Å²) in [5.41, 5.74) is 6.80. The fraction of sp³-hybridized carbons (Fsp3) is 0.462.